The molecule has 0 aliphatic heterocycles. The summed E-state index contributed by atoms with van der Waals surface area (Å²) in [6.45, 7) is 4.02. The molecule has 0 amide bonds. The van der Waals surface area contributed by atoms with Crippen LogP contribution in [0.4, 0.5) is 0 Å². The molecule has 0 saturated heterocycles. The Morgan fingerprint density at radius 3 is 2.00 bits per heavy atom. The number of carbonyl (C=O) groups is 3. The lowest BCUT2D eigenvalue weighted by atomic mass is 10.1. The second-order valence-electron chi connectivity index (χ2n) is 3.51. The number of Topliss-reactive ketones (excluding diaryl/α,β-unsaturated/α-hetero) is 1. The standard InChI is InChI=1S/C12H20O5/c1-3-16-11(14)9-7-5-6-8-10(13)12(15)17-4-2/h3-9H2,1-2H3. The van der Waals surface area contributed by atoms with Crippen molar-refractivity contribution in [2.24, 2.45) is 0 Å². The van der Waals surface area contributed by atoms with Crippen LogP contribution in [0.3, 0.4) is 0 Å². The normalized spacial score (nSPS) is 9.76. The number of unbranched alkanes of at least 4 members (excludes halogenated alkanes) is 2. The zero-order valence-electron chi connectivity index (χ0n) is 10.5. The summed E-state index contributed by atoms with van der Waals surface area (Å²) in [5.41, 5.74) is 0. The molecule has 0 heterocycles. The molecule has 0 radical (unpaired) electrons. The van der Waals surface area contributed by atoms with Crippen molar-refractivity contribution in [3.63, 3.8) is 0 Å². The van der Waals surface area contributed by atoms with Crippen LogP contribution in [0, 0.1) is 0 Å². The van der Waals surface area contributed by atoms with Crippen molar-refractivity contribution in [1.29, 1.82) is 0 Å². The first-order valence-corrected chi connectivity index (χ1v) is 5.97. The molecule has 5 nitrogen and oxygen atoms in total. The minimum atomic E-state index is -0.766. The maximum absolute atomic E-state index is 11.2. The molecule has 5 heteroatoms. The number of esters is 2. The van der Waals surface area contributed by atoms with Gasteiger partial charge in [0, 0.05) is 12.8 Å². The molecule has 0 saturated carbocycles. The third-order valence-electron chi connectivity index (χ3n) is 2.09. The van der Waals surface area contributed by atoms with E-state index in [1.807, 2.05) is 0 Å². The quantitative estimate of drug-likeness (QED) is 0.350. The van der Waals surface area contributed by atoms with E-state index in [0.29, 0.717) is 25.9 Å². The highest BCUT2D eigenvalue weighted by Crippen LogP contribution is 2.05. The zero-order valence-corrected chi connectivity index (χ0v) is 10.5. The van der Waals surface area contributed by atoms with E-state index >= 15 is 0 Å². The summed E-state index contributed by atoms with van der Waals surface area (Å²) in [4.78, 5) is 33.1. The Labute approximate surface area is 101 Å². The second kappa shape index (κ2) is 9.81. The fourth-order valence-corrected chi connectivity index (χ4v) is 1.28. The maximum Gasteiger partial charge on any atom is 0.374 e. The van der Waals surface area contributed by atoms with Crippen molar-refractivity contribution in [2.75, 3.05) is 13.2 Å². The molecule has 0 N–H and O–H groups in total. The minimum absolute atomic E-state index is 0.182. The smallest absolute Gasteiger partial charge is 0.374 e. The largest absolute Gasteiger partial charge is 0.466 e. The zero-order chi connectivity index (χ0) is 13.1. The number of ether oxygens (including phenoxy) is 2. The molecule has 98 valence electrons. The van der Waals surface area contributed by atoms with Crippen LogP contribution in [0.15, 0.2) is 0 Å². The fraction of sp³-hybridized carbons (Fsp3) is 0.750. The van der Waals surface area contributed by atoms with Gasteiger partial charge in [-0.15, -0.1) is 0 Å². The van der Waals surface area contributed by atoms with Crippen molar-refractivity contribution < 1.29 is 23.9 Å². The molecule has 0 rings (SSSR count). The van der Waals surface area contributed by atoms with Crippen molar-refractivity contribution in [3.05, 3.63) is 0 Å². The molecule has 0 aromatic carbocycles. The monoisotopic (exact) mass is 244 g/mol. The Balaban J connectivity index is 3.48. The summed E-state index contributed by atoms with van der Waals surface area (Å²) in [6, 6.07) is 0. The van der Waals surface area contributed by atoms with Gasteiger partial charge >= 0.3 is 11.9 Å². The number of hydrogen-bond donors (Lipinski definition) is 0. The van der Waals surface area contributed by atoms with Gasteiger partial charge in [0.25, 0.3) is 0 Å². The first kappa shape index (κ1) is 15.6. The SMILES string of the molecule is CCOC(=O)CCCCCC(=O)C(=O)OCC. The van der Waals surface area contributed by atoms with E-state index in [9.17, 15) is 14.4 Å². The van der Waals surface area contributed by atoms with Gasteiger partial charge in [-0.25, -0.2) is 4.79 Å². The minimum Gasteiger partial charge on any atom is -0.466 e. The summed E-state index contributed by atoms with van der Waals surface area (Å²) in [7, 11) is 0. The van der Waals surface area contributed by atoms with Gasteiger partial charge < -0.3 is 9.47 Å². The van der Waals surface area contributed by atoms with Gasteiger partial charge in [0.1, 0.15) is 0 Å². The van der Waals surface area contributed by atoms with Gasteiger partial charge in [0.2, 0.25) is 5.78 Å². The Hall–Kier alpha value is -1.39. The third-order valence-corrected chi connectivity index (χ3v) is 2.09. The van der Waals surface area contributed by atoms with E-state index < -0.39 is 11.8 Å². The van der Waals surface area contributed by atoms with Crippen molar-refractivity contribution in [3.8, 4) is 0 Å². The van der Waals surface area contributed by atoms with Crippen LogP contribution in [0.25, 0.3) is 0 Å². The predicted molar refractivity (Wildman–Crippen MR) is 61.4 cm³/mol. The molecular weight excluding hydrogens is 224 g/mol. The van der Waals surface area contributed by atoms with Crippen LogP contribution in [0.2, 0.25) is 0 Å². The number of ketones is 1. The molecule has 0 unspecified atom stereocenters. The molecule has 0 atom stereocenters. The van der Waals surface area contributed by atoms with Gasteiger partial charge in [-0.1, -0.05) is 6.42 Å². The highest BCUT2D eigenvalue weighted by molar-refractivity contribution is 6.33. The van der Waals surface area contributed by atoms with Gasteiger partial charge in [-0.3, -0.25) is 9.59 Å². The van der Waals surface area contributed by atoms with Crippen LogP contribution in [-0.2, 0) is 23.9 Å². The van der Waals surface area contributed by atoms with Crippen molar-refractivity contribution in [1.82, 2.24) is 0 Å². The molecular formula is C12H20O5. The van der Waals surface area contributed by atoms with Crippen LogP contribution >= 0.6 is 0 Å². The lowest BCUT2D eigenvalue weighted by Gasteiger charge is -2.02. The van der Waals surface area contributed by atoms with Crippen LogP contribution in [0.1, 0.15) is 46.0 Å². The van der Waals surface area contributed by atoms with E-state index in [2.05, 4.69) is 4.74 Å². The van der Waals surface area contributed by atoms with Gasteiger partial charge in [0.05, 0.1) is 13.2 Å². The average Bonchev–Trinajstić information content (AvgIpc) is 2.29. The fourth-order valence-electron chi connectivity index (χ4n) is 1.28. The summed E-state index contributed by atoms with van der Waals surface area (Å²) < 4.78 is 9.33. The number of rotatable bonds is 9. The Bertz CT molecular complexity index is 260. The Kier molecular flexibility index (Phi) is 9.01. The average molecular weight is 244 g/mol. The summed E-state index contributed by atoms with van der Waals surface area (Å²) >= 11 is 0. The number of hydrogen-bond acceptors (Lipinski definition) is 5. The van der Waals surface area contributed by atoms with E-state index in [4.69, 9.17) is 4.74 Å². The van der Waals surface area contributed by atoms with E-state index in [1.54, 1.807) is 13.8 Å². The molecule has 0 aromatic heterocycles. The van der Waals surface area contributed by atoms with Crippen LogP contribution < -0.4 is 0 Å². The second-order valence-corrected chi connectivity index (χ2v) is 3.51. The van der Waals surface area contributed by atoms with Crippen LogP contribution in [-0.4, -0.2) is 30.9 Å². The Morgan fingerprint density at radius 2 is 1.41 bits per heavy atom. The highest BCUT2D eigenvalue weighted by atomic mass is 16.5. The summed E-state index contributed by atoms with van der Waals surface area (Å²) in [5, 5.41) is 0. The maximum atomic E-state index is 11.2. The molecule has 17 heavy (non-hydrogen) atoms. The van der Waals surface area contributed by atoms with E-state index in [0.717, 1.165) is 6.42 Å². The van der Waals surface area contributed by atoms with Gasteiger partial charge in [-0.05, 0) is 26.7 Å². The van der Waals surface area contributed by atoms with E-state index in [-0.39, 0.29) is 19.0 Å². The predicted octanol–water partition coefficient (Wildman–Crippen LogP) is 1.63. The molecule has 0 aromatic rings. The molecule has 0 bridgehead atoms. The molecule has 0 aliphatic carbocycles. The Morgan fingerprint density at radius 1 is 0.824 bits per heavy atom. The highest BCUT2D eigenvalue weighted by Gasteiger charge is 2.13. The third kappa shape index (κ3) is 8.42. The molecule has 0 spiro atoms. The first-order chi connectivity index (χ1) is 8.11. The van der Waals surface area contributed by atoms with Gasteiger partial charge in [0.15, 0.2) is 0 Å². The summed E-state index contributed by atoms with van der Waals surface area (Å²) in [6.07, 6.45) is 2.54. The van der Waals surface area contributed by atoms with Crippen LogP contribution in [0.5, 0.6) is 0 Å². The lowest BCUT2D eigenvalue weighted by Crippen LogP contribution is -2.16. The molecule has 0 aliphatic rings. The number of carbonyl (C=O) groups excluding carboxylic acids is 3. The van der Waals surface area contributed by atoms with E-state index in [1.165, 1.54) is 0 Å². The first-order valence-electron chi connectivity index (χ1n) is 5.97. The van der Waals surface area contributed by atoms with Gasteiger partial charge in [-0.2, -0.15) is 0 Å². The van der Waals surface area contributed by atoms with Crippen molar-refractivity contribution >= 4 is 17.7 Å². The topological polar surface area (TPSA) is 69.7 Å². The summed E-state index contributed by atoms with van der Waals surface area (Å²) in [5.74, 6) is -1.48. The molecule has 0 fully saturated rings. The van der Waals surface area contributed by atoms with Crippen molar-refractivity contribution in [2.45, 2.75) is 46.0 Å². The lowest BCUT2D eigenvalue weighted by molar-refractivity contribution is -0.153.